The lowest BCUT2D eigenvalue weighted by atomic mass is 10.0. The Morgan fingerprint density at radius 3 is 2.54 bits per heavy atom. The minimum Gasteiger partial charge on any atom is -0.389 e. The Morgan fingerprint density at radius 1 is 1.14 bits per heavy atom. The van der Waals surface area contributed by atoms with Gasteiger partial charge in [0.15, 0.2) is 17.2 Å². The number of nitrogens with zero attached hydrogens (tertiary/aromatic N) is 7. The van der Waals surface area contributed by atoms with Crippen molar-refractivity contribution in [1.29, 1.82) is 10.5 Å². The van der Waals surface area contributed by atoms with Gasteiger partial charge in [-0.25, -0.2) is 4.98 Å². The zero-order valence-electron chi connectivity index (χ0n) is 20.8. The Kier molecular flexibility index (Phi) is 6.78. The summed E-state index contributed by atoms with van der Waals surface area (Å²) in [6, 6.07) is 8.42. The molecule has 1 aromatic carbocycles. The highest BCUT2D eigenvalue weighted by atomic mass is 35.5. The molecule has 1 saturated carbocycles. The lowest BCUT2D eigenvalue weighted by Crippen LogP contribution is -2.46. The molecule has 11 nitrogen and oxygen atoms in total. The van der Waals surface area contributed by atoms with Crippen LogP contribution in [0, 0.1) is 22.7 Å². The van der Waals surface area contributed by atoms with E-state index in [0.717, 1.165) is 44.5 Å². The molecule has 1 saturated heterocycles. The molecule has 0 atom stereocenters. The highest BCUT2D eigenvalue weighted by molar-refractivity contribution is 6.36. The van der Waals surface area contributed by atoms with Crippen LogP contribution in [0.15, 0.2) is 18.3 Å². The zero-order valence-corrected chi connectivity index (χ0v) is 21.5. The van der Waals surface area contributed by atoms with E-state index in [0.29, 0.717) is 46.4 Å². The van der Waals surface area contributed by atoms with Crippen molar-refractivity contribution in [1.82, 2.24) is 24.9 Å². The van der Waals surface area contributed by atoms with Gasteiger partial charge in [-0.2, -0.15) is 20.0 Å². The van der Waals surface area contributed by atoms with Crippen molar-refractivity contribution < 1.29 is 5.11 Å². The van der Waals surface area contributed by atoms with Crippen LogP contribution in [0.3, 0.4) is 0 Å². The van der Waals surface area contributed by atoms with E-state index < -0.39 is 5.60 Å². The molecule has 1 aliphatic carbocycles. The second-order valence-electron chi connectivity index (χ2n) is 10.2. The first kappa shape index (κ1) is 25.0. The topological polar surface area (TPSA) is 150 Å². The molecular weight excluding hydrogens is 492 g/mol. The fourth-order valence-corrected chi connectivity index (χ4v) is 4.64. The predicted octanol–water partition coefficient (Wildman–Crippen LogP) is 3.17. The van der Waals surface area contributed by atoms with Crippen LogP contribution in [0.1, 0.15) is 50.8 Å². The number of piperidine rings is 1. The van der Waals surface area contributed by atoms with Crippen molar-refractivity contribution >= 4 is 40.4 Å². The van der Waals surface area contributed by atoms with Crippen LogP contribution in [0.25, 0.3) is 5.65 Å². The summed E-state index contributed by atoms with van der Waals surface area (Å²) < 4.78 is 1.45. The number of benzene rings is 1. The molecule has 12 heteroatoms. The van der Waals surface area contributed by atoms with Crippen LogP contribution in [-0.2, 0) is 0 Å². The summed E-state index contributed by atoms with van der Waals surface area (Å²) in [4.78, 5) is 11.1. The number of hydrogen-bond donors (Lipinski definition) is 4. The summed E-state index contributed by atoms with van der Waals surface area (Å²) in [5, 5.41) is 44.1. The second-order valence-corrected chi connectivity index (χ2v) is 10.6. The summed E-state index contributed by atoms with van der Waals surface area (Å²) in [5.74, 6) is 0.775. The molecule has 0 amide bonds. The average Bonchev–Trinajstić information content (AvgIpc) is 3.59. The van der Waals surface area contributed by atoms with Gasteiger partial charge in [0.2, 0.25) is 5.95 Å². The summed E-state index contributed by atoms with van der Waals surface area (Å²) in [7, 11) is 0. The van der Waals surface area contributed by atoms with Gasteiger partial charge in [-0.05, 0) is 51.7 Å². The molecule has 0 radical (unpaired) electrons. The first-order chi connectivity index (χ1) is 17.7. The Bertz CT molecular complexity index is 1390. The second kappa shape index (κ2) is 10.0. The molecule has 3 aromatic rings. The fourth-order valence-electron chi connectivity index (χ4n) is 4.36. The molecule has 1 aliphatic heterocycles. The average molecular weight is 521 g/mol. The molecule has 2 aliphatic rings. The zero-order chi connectivity index (χ0) is 26.2. The predicted molar refractivity (Wildman–Crippen MR) is 141 cm³/mol. The Hall–Kier alpha value is -3.64. The molecule has 5 rings (SSSR count). The lowest BCUT2D eigenvalue weighted by molar-refractivity contribution is 0.0752. The van der Waals surface area contributed by atoms with Crippen molar-refractivity contribution in [2.75, 3.05) is 35.2 Å². The number of aromatic nitrogens is 4. The van der Waals surface area contributed by atoms with E-state index >= 15 is 0 Å². The van der Waals surface area contributed by atoms with Crippen LogP contribution in [0.2, 0.25) is 5.02 Å². The van der Waals surface area contributed by atoms with E-state index in [1.165, 1.54) is 10.7 Å². The molecule has 0 unspecified atom stereocenters. The van der Waals surface area contributed by atoms with E-state index in [4.69, 9.17) is 11.6 Å². The molecule has 2 aromatic heterocycles. The van der Waals surface area contributed by atoms with Gasteiger partial charge < -0.3 is 26.0 Å². The Labute approximate surface area is 220 Å². The number of rotatable bonds is 8. The van der Waals surface area contributed by atoms with Gasteiger partial charge >= 0.3 is 0 Å². The number of imidazole rings is 1. The van der Waals surface area contributed by atoms with Crippen molar-refractivity contribution in [2.24, 2.45) is 0 Å². The molecular formula is C25H29ClN10O. The summed E-state index contributed by atoms with van der Waals surface area (Å²) in [6.45, 7) is 5.63. The van der Waals surface area contributed by atoms with Crippen LogP contribution in [0.5, 0.6) is 0 Å². The van der Waals surface area contributed by atoms with Gasteiger partial charge in [-0.1, -0.05) is 11.6 Å². The third kappa shape index (κ3) is 5.70. The van der Waals surface area contributed by atoms with Gasteiger partial charge in [-0.3, -0.25) is 0 Å². The molecule has 37 heavy (non-hydrogen) atoms. The third-order valence-corrected chi connectivity index (χ3v) is 6.88. The molecule has 2 fully saturated rings. The smallest absolute Gasteiger partial charge is 0.247 e. The quantitative estimate of drug-likeness (QED) is 0.348. The highest BCUT2D eigenvalue weighted by Crippen LogP contribution is 2.37. The molecule has 192 valence electrons. The number of aliphatic hydroxyl groups is 1. The van der Waals surface area contributed by atoms with Gasteiger partial charge in [0.25, 0.3) is 0 Å². The van der Waals surface area contributed by atoms with Gasteiger partial charge in [-0.15, -0.1) is 5.10 Å². The number of hydrogen-bond acceptors (Lipinski definition) is 10. The maximum absolute atomic E-state index is 10.00. The Balaban J connectivity index is 1.40. The van der Waals surface area contributed by atoms with Gasteiger partial charge in [0, 0.05) is 31.7 Å². The summed E-state index contributed by atoms with van der Waals surface area (Å²) in [6.07, 6.45) is 5.34. The standard InChI is InChI=1S/C25H29ClN10O/c1-25(2,37)14-30-16-5-7-35(8-6-16)20-10-15(11-27)9-19(21(20)26)32-24-33-22(31-17-3-4-17)23-29-13-18(12-28)36(23)34-24/h9-10,13,16-17,30,37H,3-8,14H2,1-2H3,(H2,31,32,33,34). The largest absolute Gasteiger partial charge is 0.389 e. The normalized spacial score (nSPS) is 16.4. The van der Waals surface area contributed by atoms with Crippen LogP contribution >= 0.6 is 11.6 Å². The van der Waals surface area contributed by atoms with E-state index in [9.17, 15) is 15.6 Å². The van der Waals surface area contributed by atoms with E-state index in [1.54, 1.807) is 26.0 Å². The highest BCUT2D eigenvalue weighted by Gasteiger charge is 2.26. The number of anilines is 4. The van der Waals surface area contributed by atoms with Crippen molar-refractivity contribution in [3.63, 3.8) is 0 Å². The maximum atomic E-state index is 10.00. The minimum atomic E-state index is -0.758. The summed E-state index contributed by atoms with van der Waals surface area (Å²) in [5.41, 5.74) is 1.74. The first-order valence-corrected chi connectivity index (χ1v) is 12.8. The monoisotopic (exact) mass is 520 g/mol. The SMILES string of the molecule is CC(C)(O)CNC1CCN(c2cc(C#N)cc(Nc3nc(NC4CC4)c4ncc(C#N)n4n3)c2Cl)CC1. The number of nitrogens with one attached hydrogen (secondary N) is 3. The number of halogens is 1. The number of nitriles is 2. The van der Waals surface area contributed by atoms with Crippen molar-refractivity contribution in [3.8, 4) is 12.1 Å². The fraction of sp³-hybridized carbons (Fsp3) is 0.480. The third-order valence-electron chi connectivity index (χ3n) is 6.48. The maximum Gasteiger partial charge on any atom is 0.247 e. The first-order valence-electron chi connectivity index (χ1n) is 12.4. The van der Waals surface area contributed by atoms with Crippen molar-refractivity contribution in [2.45, 2.75) is 57.2 Å². The Morgan fingerprint density at radius 2 is 1.89 bits per heavy atom. The minimum absolute atomic E-state index is 0.239. The van der Waals surface area contributed by atoms with Crippen molar-refractivity contribution in [3.05, 3.63) is 34.6 Å². The van der Waals surface area contributed by atoms with Crippen LogP contribution in [0.4, 0.5) is 23.1 Å². The molecule has 0 bridgehead atoms. The van der Waals surface area contributed by atoms with E-state index in [1.807, 2.05) is 0 Å². The van der Waals surface area contributed by atoms with Crippen LogP contribution < -0.4 is 20.9 Å². The van der Waals surface area contributed by atoms with E-state index in [2.05, 4.69) is 48.1 Å². The van der Waals surface area contributed by atoms with Gasteiger partial charge in [0.05, 0.1) is 39.8 Å². The lowest BCUT2D eigenvalue weighted by Gasteiger charge is -2.35. The van der Waals surface area contributed by atoms with Gasteiger partial charge in [0.1, 0.15) is 6.07 Å². The van der Waals surface area contributed by atoms with E-state index in [-0.39, 0.29) is 11.6 Å². The van der Waals surface area contributed by atoms with Crippen LogP contribution in [-0.4, -0.2) is 62.0 Å². The summed E-state index contributed by atoms with van der Waals surface area (Å²) >= 11 is 6.86. The molecule has 0 spiro atoms. The number of fused-ring (bicyclic) bond motifs is 1. The molecule has 3 heterocycles. The molecule has 4 N–H and O–H groups in total.